The number of hydrogen-bond donors (Lipinski definition) is 1. The number of rotatable bonds is 8. The molecule has 6 nitrogen and oxygen atoms in total. The van der Waals surface area contributed by atoms with E-state index in [1.165, 1.54) is 17.4 Å². The number of aliphatic carboxylic acids is 1. The van der Waals surface area contributed by atoms with Gasteiger partial charge < -0.3 is 10.0 Å². The van der Waals surface area contributed by atoms with E-state index in [-0.39, 0.29) is 5.57 Å². The highest BCUT2D eigenvalue weighted by Gasteiger charge is 2.12. The lowest BCUT2D eigenvalue weighted by Crippen LogP contribution is -2.09. The van der Waals surface area contributed by atoms with E-state index >= 15 is 0 Å². The molecule has 7 heteroatoms. The molecule has 5 aromatic rings. The minimum Gasteiger partial charge on any atom is -0.477 e. The van der Waals surface area contributed by atoms with Gasteiger partial charge in [0.1, 0.15) is 11.6 Å². The minimum atomic E-state index is -1.23. The van der Waals surface area contributed by atoms with Gasteiger partial charge in [-0.25, -0.2) is 4.79 Å². The molecule has 5 rings (SSSR count). The fourth-order valence-corrected chi connectivity index (χ4v) is 4.90. The Morgan fingerprint density at radius 3 is 1.74 bits per heavy atom. The lowest BCUT2D eigenvalue weighted by molar-refractivity contribution is -0.132. The zero-order chi connectivity index (χ0) is 27.0. The highest BCUT2D eigenvalue weighted by atomic mass is 32.1. The number of carbonyl (C=O) groups is 1. The Morgan fingerprint density at radius 1 is 0.718 bits per heavy atom. The van der Waals surface area contributed by atoms with E-state index in [0.717, 1.165) is 33.2 Å². The van der Waals surface area contributed by atoms with E-state index in [1.807, 2.05) is 91.0 Å². The molecular weight excluding hydrogens is 504 g/mol. The van der Waals surface area contributed by atoms with Crippen LogP contribution in [0.1, 0.15) is 4.88 Å². The average Bonchev–Trinajstić information content (AvgIpc) is 3.45. The molecule has 39 heavy (non-hydrogen) atoms. The first-order chi connectivity index (χ1) is 19.1. The number of nitrogens with zero attached hydrogens (tertiary/aromatic N) is 4. The number of para-hydroxylation sites is 2. The van der Waals surface area contributed by atoms with Gasteiger partial charge in [0.2, 0.25) is 0 Å². The van der Waals surface area contributed by atoms with Gasteiger partial charge in [-0.05, 0) is 84.4 Å². The van der Waals surface area contributed by atoms with Gasteiger partial charge in [-0.3, -0.25) is 0 Å². The molecule has 1 aromatic heterocycles. The third-order valence-corrected chi connectivity index (χ3v) is 6.92. The molecule has 0 aliphatic carbocycles. The summed E-state index contributed by atoms with van der Waals surface area (Å²) >= 11 is 1.41. The van der Waals surface area contributed by atoms with Crippen molar-refractivity contribution in [3.63, 3.8) is 0 Å². The van der Waals surface area contributed by atoms with Gasteiger partial charge in [-0.15, -0.1) is 11.3 Å². The molecule has 0 radical (unpaired) electrons. The summed E-state index contributed by atoms with van der Waals surface area (Å²) in [7, 11) is 0. The molecule has 188 valence electrons. The van der Waals surface area contributed by atoms with Crippen molar-refractivity contribution in [2.45, 2.75) is 0 Å². The second kappa shape index (κ2) is 11.8. The molecule has 0 atom stereocenters. The summed E-state index contributed by atoms with van der Waals surface area (Å²) in [5.41, 5.74) is 5.29. The van der Waals surface area contributed by atoms with Crippen molar-refractivity contribution in [3.05, 3.63) is 132 Å². The van der Waals surface area contributed by atoms with Crippen LogP contribution >= 0.6 is 11.3 Å². The first-order valence-corrected chi connectivity index (χ1v) is 12.9. The van der Waals surface area contributed by atoms with Crippen molar-refractivity contribution >= 4 is 51.8 Å². The van der Waals surface area contributed by atoms with Crippen LogP contribution in [-0.2, 0) is 4.79 Å². The maximum Gasteiger partial charge on any atom is 0.346 e. The number of benzene rings is 4. The molecule has 0 fully saturated rings. The van der Waals surface area contributed by atoms with E-state index in [2.05, 4.69) is 39.4 Å². The molecule has 0 unspecified atom stereocenters. The summed E-state index contributed by atoms with van der Waals surface area (Å²) in [4.78, 5) is 14.9. The van der Waals surface area contributed by atoms with Crippen molar-refractivity contribution in [1.82, 2.24) is 0 Å². The number of azo groups is 1. The Kier molecular flexibility index (Phi) is 7.68. The highest BCUT2D eigenvalue weighted by Crippen LogP contribution is 2.35. The van der Waals surface area contributed by atoms with Crippen LogP contribution < -0.4 is 4.90 Å². The third kappa shape index (κ3) is 6.16. The van der Waals surface area contributed by atoms with E-state index < -0.39 is 5.97 Å². The number of carboxylic acids is 1. The lowest BCUT2D eigenvalue weighted by Gasteiger charge is -2.25. The predicted molar refractivity (Wildman–Crippen MR) is 156 cm³/mol. The van der Waals surface area contributed by atoms with Gasteiger partial charge in [0.25, 0.3) is 0 Å². The summed E-state index contributed by atoms with van der Waals surface area (Å²) in [5, 5.41) is 26.8. The van der Waals surface area contributed by atoms with Gasteiger partial charge in [0.15, 0.2) is 0 Å². The van der Waals surface area contributed by atoms with E-state index in [0.29, 0.717) is 10.6 Å². The maximum absolute atomic E-state index is 11.1. The Bertz CT molecular complexity index is 1630. The van der Waals surface area contributed by atoms with Crippen LogP contribution in [0.4, 0.5) is 28.4 Å². The van der Waals surface area contributed by atoms with Crippen molar-refractivity contribution in [2.75, 3.05) is 4.90 Å². The molecule has 0 saturated carbocycles. The van der Waals surface area contributed by atoms with Crippen molar-refractivity contribution < 1.29 is 9.90 Å². The van der Waals surface area contributed by atoms with Gasteiger partial charge in [0.05, 0.1) is 11.4 Å². The van der Waals surface area contributed by atoms with Crippen molar-refractivity contribution in [2.24, 2.45) is 10.2 Å². The molecule has 1 heterocycles. The summed E-state index contributed by atoms with van der Waals surface area (Å²) in [6.45, 7) is 0. The quantitative estimate of drug-likeness (QED) is 0.124. The number of carboxylic acid groups (broad SMARTS) is 1. The van der Waals surface area contributed by atoms with Crippen LogP contribution in [0, 0.1) is 11.3 Å². The number of anilines is 3. The Morgan fingerprint density at radius 2 is 1.23 bits per heavy atom. The summed E-state index contributed by atoms with van der Waals surface area (Å²) in [5.74, 6) is -1.23. The monoisotopic (exact) mass is 526 g/mol. The molecule has 0 spiro atoms. The van der Waals surface area contributed by atoms with Crippen LogP contribution in [0.15, 0.2) is 137 Å². The van der Waals surface area contributed by atoms with E-state index in [4.69, 9.17) is 10.4 Å². The largest absolute Gasteiger partial charge is 0.477 e. The Labute approximate surface area is 230 Å². The smallest absolute Gasteiger partial charge is 0.346 e. The molecule has 0 bridgehead atoms. The fraction of sp³-hybridized carbons (Fsp3) is 0. The topological polar surface area (TPSA) is 89.0 Å². The number of thiophene rings is 1. The third-order valence-electron chi connectivity index (χ3n) is 5.83. The first-order valence-electron chi connectivity index (χ1n) is 12.1. The van der Waals surface area contributed by atoms with E-state index in [9.17, 15) is 4.79 Å². The standard InChI is InChI=1S/C32H22N4O2S/c33-22-24(32(37)38)21-30-19-20-31(39-30)23-11-13-25(14-12-23)34-35-26-15-17-29(18-16-26)36(27-7-3-1-4-8-27)28-9-5-2-6-10-28/h1-21H,(H,37,38)/b24-21+,35-34?. The van der Waals surface area contributed by atoms with Crippen LogP contribution in [0.2, 0.25) is 0 Å². The molecule has 0 saturated heterocycles. The maximum atomic E-state index is 11.1. The molecular formula is C32H22N4O2S. The van der Waals surface area contributed by atoms with Gasteiger partial charge >= 0.3 is 5.97 Å². The highest BCUT2D eigenvalue weighted by molar-refractivity contribution is 7.16. The molecule has 0 aliphatic heterocycles. The number of nitriles is 1. The predicted octanol–water partition coefficient (Wildman–Crippen LogP) is 9.29. The summed E-state index contributed by atoms with van der Waals surface area (Å²) < 4.78 is 0. The van der Waals surface area contributed by atoms with Gasteiger partial charge in [0, 0.05) is 26.8 Å². The first kappa shape index (κ1) is 25.3. The Balaban J connectivity index is 1.30. The second-order valence-electron chi connectivity index (χ2n) is 8.45. The number of hydrogen-bond acceptors (Lipinski definition) is 6. The molecule has 0 amide bonds. The zero-order valence-electron chi connectivity index (χ0n) is 20.7. The normalized spacial score (nSPS) is 11.3. The van der Waals surface area contributed by atoms with Gasteiger partial charge in [-0.1, -0.05) is 48.5 Å². The summed E-state index contributed by atoms with van der Waals surface area (Å²) in [6, 6.07) is 41.4. The molecule has 4 aromatic carbocycles. The zero-order valence-corrected chi connectivity index (χ0v) is 21.5. The van der Waals surface area contributed by atoms with Crippen LogP contribution in [0.25, 0.3) is 16.5 Å². The van der Waals surface area contributed by atoms with E-state index in [1.54, 1.807) is 12.1 Å². The van der Waals surface area contributed by atoms with Crippen LogP contribution in [0.3, 0.4) is 0 Å². The Hall–Kier alpha value is -5.32. The van der Waals surface area contributed by atoms with Gasteiger partial charge in [-0.2, -0.15) is 15.5 Å². The fourth-order valence-electron chi connectivity index (χ4n) is 3.95. The van der Waals surface area contributed by atoms with Crippen LogP contribution in [0.5, 0.6) is 0 Å². The van der Waals surface area contributed by atoms with Crippen LogP contribution in [-0.4, -0.2) is 11.1 Å². The second-order valence-corrected chi connectivity index (χ2v) is 9.56. The molecule has 1 N–H and O–H groups in total. The lowest BCUT2D eigenvalue weighted by atomic mass is 10.2. The SMILES string of the molecule is N#C/C(=C\c1ccc(-c2ccc(N=Nc3ccc(N(c4ccccc4)c4ccccc4)cc3)cc2)s1)C(=O)O. The minimum absolute atomic E-state index is 0.292. The van der Waals surface area contributed by atoms with Crippen molar-refractivity contribution in [3.8, 4) is 16.5 Å². The summed E-state index contributed by atoms with van der Waals surface area (Å²) in [6.07, 6.45) is 1.38. The molecule has 0 aliphatic rings. The average molecular weight is 527 g/mol. The van der Waals surface area contributed by atoms with Crippen molar-refractivity contribution in [1.29, 1.82) is 5.26 Å².